The van der Waals surface area contributed by atoms with Gasteiger partial charge in [0.1, 0.15) is 5.75 Å². The highest BCUT2D eigenvalue weighted by molar-refractivity contribution is 6.30. The topological polar surface area (TPSA) is 32.7 Å². The number of unbranched alkanes of at least 4 members (excludes halogenated alkanes) is 1. The fourth-order valence-corrected chi connectivity index (χ4v) is 2.42. The summed E-state index contributed by atoms with van der Waals surface area (Å²) in [6.45, 7) is 7.33. The first-order valence-corrected chi connectivity index (χ1v) is 7.74. The average Bonchev–Trinajstić information content (AvgIpc) is 2.47. The maximum absolute atomic E-state index is 10.4. The molecule has 1 unspecified atom stereocenters. The summed E-state index contributed by atoms with van der Waals surface area (Å²) in [5.41, 5.74) is 0.770. The molecule has 0 aliphatic carbocycles. The summed E-state index contributed by atoms with van der Waals surface area (Å²) in [7, 11) is 1.61. The van der Waals surface area contributed by atoms with Gasteiger partial charge in [-0.2, -0.15) is 0 Å². The van der Waals surface area contributed by atoms with E-state index in [1.807, 2.05) is 0 Å². The first-order valence-electron chi connectivity index (χ1n) is 7.36. The van der Waals surface area contributed by atoms with E-state index in [2.05, 4.69) is 18.7 Å². The second kappa shape index (κ2) is 9.22. The van der Waals surface area contributed by atoms with Crippen molar-refractivity contribution in [3.05, 3.63) is 28.8 Å². The SMILES string of the molecule is CCCCN(CC)CCC(O)c1cc(Cl)ccc1OC. The highest BCUT2D eigenvalue weighted by Gasteiger charge is 2.15. The third kappa shape index (κ3) is 5.31. The predicted molar refractivity (Wildman–Crippen MR) is 84.6 cm³/mol. The zero-order chi connectivity index (χ0) is 15.0. The Balaban J connectivity index is 2.61. The lowest BCUT2D eigenvalue weighted by atomic mass is 10.0. The quantitative estimate of drug-likeness (QED) is 0.751. The first kappa shape index (κ1) is 17.3. The van der Waals surface area contributed by atoms with Crippen molar-refractivity contribution in [2.75, 3.05) is 26.7 Å². The number of methoxy groups -OCH3 is 1. The van der Waals surface area contributed by atoms with Gasteiger partial charge in [-0.1, -0.05) is 31.9 Å². The third-order valence-electron chi connectivity index (χ3n) is 3.54. The number of hydrogen-bond donors (Lipinski definition) is 1. The maximum atomic E-state index is 10.4. The van der Waals surface area contributed by atoms with E-state index in [1.54, 1.807) is 25.3 Å². The summed E-state index contributed by atoms with van der Waals surface area (Å²) in [5.74, 6) is 0.693. The molecular formula is C16H26ClNO2. The zero-order valence-electron chi connectivity index (χ0n) is 12.7. The van der Waals surface area contributed by atoms with E-state index in [9.17, 15) is 5.11 Å². The Labute approximate surface area is 127 Å². The molecule has 1 N–H and O–H groups in total. The second-order valence-corrected chi connectivity index (χ2v) is 5.41. The van der Waals surface area contributed by atoms with E-state index >= 15 is 0 Å². The molecule has 0 aromatic heterocycles. The molecule has 0 aliphatic heterocycles. The Morgan fingerprint density at radius 1 is 1.30 bits per heavy atom. The minimum Gasteiger partial charge on any atom is -0.496 e. The third-order valence-corrected chi connectivity index (χ3v) is 3.78. The lowest BCUT2D eigenvalue weighted by Gasteiger charge is -2.22. The number of rotatable bonds is 9. The number of ether oxygens (including phenoxy) is 1. The van der Waals surface area contributed by atoms with Gasteiger partial charge in [-0.25, -0.2) is 0 Å². The van der Waals surface area contributed by atoms with Crippen molar-refractivity contribution in [3.8, 4) is 5.75 Å². The van der Waals surface area contributed by atoms with E-state index in [-0.39, 0.29) is 0 Å². The van der Waals surface area contributed by atoms with Crippen LogP contribution >= 0.6 is 11.6 Å². The molecule has 1 aromatic carbocycles. The molecule has 20 heavy (non-hydrogen) atoms. The van der Waals surface area contributed by atoms with Crippen LogP contribution < -0.4 is 4.74 Å². The first-order chi connectivity index (χ1) is 9.62. The Kier molecular flexibility index (Phi) is 7.97. The van der Waals surface area contributed by atoms with Crippen molar-refractivity contribution in [2.45, 2.75) is 39.2 Å². The number of nitrogens with zero attached hydrogens (tertiary/aromatic N) is 1. The fourth-order valence-electron chi connectivity index (χ4n) is 2.24. The van der Waals surface area contributed by atoms with Crippen molar-refractivity contribution in [3.63, 3.8) is 0 Å². The summed E-state index contributed by atoms with van der Waals surface area (Å²) in [5, 5.41) is 11.0. The Morgan fingerprint density at radius 2 is 2.05 bits per heavy atom. The molecule has 1 atom stereocenters. The van der Waals surface area contributed by atoms with Crippen molar-refractivity contribution >= 4 is 11.6 Å². The van der Waals surface area contributed by atoms with Gasteiger partial charge in [-0.05, 0) is 44.1 Å². The highest BCUT2D eigenvalue weighted by Crippen LogP contribution is 2.30. The van der Waals surface area contributed by atoms with Gasteiger partial charge < -0.3 is 14.7 Å². The van der Waals surface area contributed by atoms with Crippen molar-refractivity contribution in [1.82, 2.24) is 4.90 Å². The second-order valence-electron chi connectivity index (χ2n) is 4.98. The van der Waals surface area contributed by atoms with Gasteiger partial charge in [0.05, 0.1) is 13.2 Å². The van der Waals surface area contributed by atoms with Gasteiger partial charge in [0, 0.05) is 17.1 Å². The molecular weight excluding hydrogens is 274 g/mol. The number of benzene rings is 1. The van der Waals surface area contributed by atoms with Gasteiger partial charge in [0.15, 0.2) is 0 Å². The van der Waals surface area contributed by atoms with Crippen LogP contribution in [0.1, 0.15) is 44.8 Å². The van der Waals surface area contributed by atoms with Crippen LogP contribution in [0, 0.1) is 0 Å². The van der Waals surface area contributed by atoms with Crippen molar-refractivity contribution in [2.24, 2.45) is 0 Å². The standard InChI is InChI=1S/C16H26ClNO2/c1-4-6-10-18(5-2)11-9-15(19)14-12-13(17)7-8-16(14)20-3/h7-8,12,15,19H,4-6,9-11H2,1-3H3. The van der Waals surface area contributed by atoms with Gasteiger partial charge in [0.25, 0.3) is 0 Å². The molecule has 114 valence electrons. The summed E-state index contributed by atoms with van der Waals surface area (Å²) in [6, 6.07) is 5.36. The summed E-state index contributed by atoms with van der Waals surface area (Å²) < 4.78 is 5.29. The fraction of sp³-hybridized carbons (Fsp3) is 0.625. The van der Waals surface area contributed by atoms with Crippen molar-refractivity contribution in [1.29, 1.82) is 0 Å². The molecule has 0 spiro atoms. The van der Waals surface area contributed by atoms with Gasteiger partial charge in [-0.15, -0.1) is 0 Å². The van der Waals surface area contributed by atoms with E-state index in [4.69, 9.17) is 16.3 Å². The van der Waals surface area contributed by atoms with Crippen LogP contribution in [-0.4, -0.2) is 36.8 Å². The Hall–Kier alpha value is -0.770. The van der Waals surface area contributed by atoms with E-state index < -0.39 is 6.10 Å². The van der Waals surface area contributed by atoms with Crippen molar-refractivity contribution < 1.29 is 9.84 Å². The van der Waals surface area contributed by atoms with Crippen LogP contribution in [0.5, 0.6) is 5.75 Å². The van der Waals surface area contributed by atoms with E-state index in [1.165, 1.54) is 12.8 Å². The molecule has 1 rings (SSSR count). The van der Waals surface area contributed by atoms with Crippen LogP contribution in [0.25, 0.3) is 0 Å². The number of aliphatic hydroxyl groups is 1. The summed E-state index contributed by atoms with van der Waals surface area (Å²) in [4.78, 5) is 2.36. The molecule has 4 heteroatoms. The smallest absolute Gasteiger partial charge is 0.124 e. The molecule has 0 radical (unpaired) electrons. The van der Waals surface area contributed by atoms with Gasteiger partial charge in [-0.3, -0.25) is 0 Å². The Bertz CT molecular complexity index is 398. The molecule has 0 bridgehead atoms. The Morgan fingerprint density at radius 3 is 2.65 bits per heavy atom. The van der Waals surface area contributed by atoms with Gasteiger partial charge >= 0.3 is 0 Å². The monoisotopic (exact) mass is 299 g/mol. The molecule has 0 saturated heterocycles. The molecule has 0 aliphatic rings. The predicted octanol–water partition coefficient (Wildman–Crippen LogP) is 3.89. The molecule has 1 aromatic rings. The summed E-state index contributed by atoms with van der Waals surface area (Å²) >= 11 is 6.00. The highest BCUT2D eigenvalue weighted by atomic mass is 35.5. The van der Waals surface area contributed by atoms with Gasteiger partial charge in [0.2, 0.25) is 0 Å². The number of halogens is 1. The molecule has 0 amide bonds. The average molecular weight is 300 g/mol. The van der Waals surface area contributed by atoms with Crippen LogP contribution in [0.15, 0.2) is 18.2 Å². The molecule has 0 heterocycles. The zero-order valence-corrected chi connectivity index (χ0v) is 13.5. The van der Waals surface area contributed by atoms with E-state index in [0.717, 1.165) is 25.2 Å². The largest absolute Gasteiger partial charge is 0.496 e. The summed E-state index contributed by atoms with van der Waals surface area (Å²) in [6.07, 6.45) is 2.54. The lowest BCUT2D eigenvalue weighted by Crippen LogP contribution is -2.26. The minimum absolute atomic E-state index is 0.542. The number of aliphatic hydroxyl groups excluding tert-OH is 1. The van der Waals surface area contributed by atoms with Crippen LogP contribution in [-0.2, 0) is 0 Å². The molecule has 0 saturated carbocycles. The van der Waals surface area contributed by atoms with Crippen LogP contribution in [0.4, 0.5) is 0 Å². The van der Waals surface area contributed by atoms with Crippen LogP contribution in [0.3, 0.4) is 0 Å². The maximum Gasteiger partial charge on any atom is 0.124 e. The normalized spacial score (nSPS) is 12.7. The molecule has 3 nitrogen and oxygen atoms in total. The van der Waals surface area contributed by atoms with Crippen LogP contribution in [0.2, 0.25) is 5.02 Å². The molecule has 0 fully saturated rings. The minimum atomic E-state index is -0.542. The van der Waals surface area contributed by atoms with E-state index in [0.29, 0.717) is 17.2 Å². The lowest BCUT2D eigenvalue weighted by molar-refractivity contribution is 0.140. The number of hydrogen-bond acceptors (Lipinski definition) is 3.